The van der Waals surface area contributed by atoms with Crippen LogP contribution in [0.15, 0.2) is 42.5 Å². The molecule has 6 heteroatoms. The molecule has 0 aliphatic heterocycles. The molecule has 0 radical (unpaired) electrons. The molecule has 0 fully saturated rings. The lowest BCUT2D eigenvalue weighted by atomic mass is 10.1. The number of benzene rings is 2. The van der Waals surface area contributed by atoms with E-state index >= 15 is 0 Å². The number of aliphatic hydroxyl groups excluding tert-OH is 1. The maximum absolute atomic E-state index is 13.4. The number of hydrogen-bond donors (Lipinski definition) is 1. The molecular formula is C14H10F4O2. The van der Waals surface area contributed by atoms with E-state index in [9.17, 15) is 17.6 Å². The molecule has 1 N–H and O–H groups in total. The summed E-state index contributed by atoms with van der Waals surface area (Å²) in [5.41, 5.74) is -1.15. The van der Waals surface area contributed by atoms with Gasteiger partial charge in [-0.05, 0) is 24.3 Å². The van der Waals surface area contributed by atoms with Crippen LogP contribution in [0.3, 0.4) is 0 Å². The fraction of sp³-hybridized carbons (Fsp3) is 0.143. The minimum absolute atomic E-state index is 0.149. The molecule has 2 aromatic rings. The van der Waals surface area contributed by atoms with Gasteiger partial charge in [0.05, 0.1) is 17.7 Å². The van der Waals surface area contributed by atoms with Crippen molar-refractivity contribution in [2.24, 2.45) is 0 Å². The fourth-order valence-corrected chi connectivity index (χ4v) is 1.70. The Morgan fingerprint density at radius 1 is 0.950 bits per heavy atom. The molecule has 106 valence electrons. The molecule has 0 aliphatic rings. The molecule has 2 rings (SSSR count). The average Bonchev–Trinajstić information content (AvgIpc) is 2.38. The lowest BCUT2D eigenvalue weighted by Gasteiger charge is -2.15. The Kier molecular flexibility index (Phi) is 3.94. The van der Waals surface area contributed by atoms with Crippen molar-refractivity contribution in [2.45, 2.75) is 12.8 Å². The van der Waals surface area contributed by atoms with E-state index in [0.717, 1.165) is 18.2 Å². The van der Waals surface area contributed by atoms with E-state index in [-0.39, 0.29) is 11.3 Å². The molecule has 0 saturated carbocycles. The van der Waals surface area contributed by atoms with E-state index in [4.69, 9.17) is 9.84 Å². The Morgan fingerprint density at radius 2 is 1.60 bits per heavy atom. The Labute approximate surface area is 112 Å². The summed E-state index contributed by atoms with van der Waals surface area (Å²) >= 11 is 0. The standard InChI is InChI=1S/C14H10F4O2/c15-11-5-3-7-12(9(11)8-19)20-13-6-2-1-4-10(13)14(16,17)18/h1-7,19H,8H2. The van der Waals surface area contributed by atoms with E-state index < -0.39 is 29.9 Å². The van der Waals surface area contributed by atoms with Gasteiger partial charge in [0.2, 0.25) is 0 Å². The molecular weight excluding hydrogens is 276 g/mol. The van der Waals surface area contributed by atoms with Crippen molar-refractivity contribution in [3.05, 3.63) is 59.4 Å². The highest BCUT2D eigenvalue weighted by atomic mass is 19.4. The Bertz CT molecular complexity index is 608. The predicted molar refractivity (Wildman–Crippen MR) is 63.8 cm³/mol. The highest BCUT2D eigenvalue weighted by Gasteiger charge is 2.34. The van der Waals surface area contributed by atoms with Gasteiger partial charge in [-0.3, -0.25) is 0 Å². The largest absolute Gasteiger partial charge is 0.456 e. The van der Waals surface area contributed by atoms with Crippen molar-refractivity contribution in [1.29, 1.82) is 0 Å². The molecule has 0 saturated heterocycles. The maximum Gasteiger partial charge on any atom is 0.419 e. The van der Waals surface area contributed by atoms with Crippen LogP contribution in [0.4, 0.5) is 17.6 Å². The summed E-state index contributed by atoms with van der Waals surface area (Å²) in [5, 5.41) is 9.06. The lowest BCUT2D eigenvalue weighted by Crippen LogP contribution is -2.07. The van der Waals surface area contributed by atoms with Gasteiger partial charge in [-0.1, -0.05) is 18.2 Å². The van der Waals surface area contributed by atoms with Crippen LogP contribution in [0.5, 0.6) is 11.5 Å². The van der Waals surface area contributed by atoms with E-state index in [1.54, 1.807) is 0 Å². The lowest BCUT2D eigenvalue weighted by molar-refractivity contribution is -0.138. The quantitative estimate of drug-likeness (QED) is 0.860. The van der Waals surface area contributed by atoms with Crippen LogP contribution in [0.25, 0.3) is 0 Å². The highest BCUT2D eigenvalue weighted by Crippen LogP contribution is 2.38. The second-order valence-corrected chi connectivity index (χ2v) is 3.97. The van der Waals surface area contributed by atoms with Gasteiger partial charge in [-0.2, -0.15) is 13.2 Å². The molecule has 20 heavy (non-hydrogen) atoms. The van der Waals surface area contributed by atoms with Crippen molar-refractivity contribution < 1.29 is 27.4 Å². The van der Waals surface area contributed by atoms with Gasteiger partial charge in [-0.15, -0.1) is 0 Å². The second-order valence-electron chi connectivity index (χ2n) is 3.97. The first kappa shape index (κ1) is 14.3. The van der Waals surface area contributed by atoms with Crippen LogP contribution < -0.4 is 4.74 Å². The number of para-hydroxylation sites is 1. The van der Waals surface area contributed by atoms with Gasteiger partial charge < -0.3 is 9.84 Å². The number of ether oxygens (including phenoxy) is 1. The van der Waals surface area contributed by atoms with Crippen molar-refractivity contribution in [1.82, 2.24) is 0 Å². The molecule has 2 nitrogen and oxygen atoms in total. The van der Waals surface area contributed by atoms with Crippen molar-refractivity contribution in [3.63, 3.8) is 0 Å². The molecule has 0 aliphatic carbocycles. The normalized spacial score (nSPS) is 11.4. The number of alkyl halides is 3. The van der Waals surface area contributed by atoms with E-state index in [2.05, 4.69) is 0 Å². The van der Waals surface area contributed by atoms with Crippen LogP contribution in [0.2, 0.25) is 0 Å². The Balaban J connectivity index is 2.44. The van der Waals surface area contributed by atoms with Crippen LogP contribution in [0.1, 0.15) is 11.1 Å². The zero-order valence-corrected chi connectivity index (χ0v) is 10.1. The smallest absolute Gasteiger partial charge is 0.419 e. The van der Waals surface area contributed by atoms with Crippen LogP contribution in [-0.4, -0.2) is 5.11 Å². The van der Waals surface area contributed by atoms with Gasteiger partial charge in [-0.25, -0.2) is 4.39 Å². The molecule has 0 heterocycles. The first-order valence-electron chi connectivity index (χ1n) is 5.66. The molecule has 2 aromatic carbocycles. The van der Waals surface area contributed by atoms with E-state index in [1.165, 1.54) is 24.3 Å². The summed E-state index contributed by atoms with van der Waals surface area (Å²) < 4.78 is 57.0. The number of hydrogen-bond acceptors (Lipinski definition) is 2. The van der Waals surface area contributed by atoms with Gasteiger partial charge in [0.15, 0.2) is 0 Å². The first-order valence-corrected chi connectivity index (χ1v) is 5.66. The van der Waals surface area contributed by atoms with Gasteiger partial charge in [0, 0.05) is 0 Å². The highest BCUT2D eigenvalue weighted by molar-refractivity contribution is 5.42. The number of aliphatic hydroxyl groups is 1. The Morgan fingerprint density at radius 3 is 2.25 bits per heavy atom. The Hall–Kier alpha value is -2.08. The number of halogens is 4. The third-order valence-corrected chi connectivity index (χ3v) is 2.65. The summed E-state index contributed by atoms with van der Waals surface area (Å²) in [4.78, 5) is 0. The van der Waals surface area contributed by atoms with Crippen LogP contribution >= 0.6 is 0 Å². The molecule has 0 atom stereocenters. The monoisotopic (exact) mass is 286 g/mol. The van der Waals surface area contributed by atoms with Gasteiger partial charge in [0.25, 0.3) is 0 Å². The first-order chi connectivity index (χ1) is 9.43. The zero-order chi connectivity index (χ0) is 14.8. The fourth-order valence-electron chi connectivity index (χ4n) is 1.70. The zero-order valence-electron chi connectivity index (χ0n) is 10.1. The van der Waals surface area contributed by atoms with Crippen molar-refractivity contribution in [2.75, 3.05) is 0 Å². The average molecular weight is 286 g/mol. The summed E-state index contributed by atoms with van der Waals surface area (Å²) in [7, 11) is 0. The molecule has 0 amide bonds. The summed E-state index contributed by atoms with van der Waals surface area (Å²) in [6.45, 7) is -0.670. The summed E-state index contributed by atoms with van der Waals surface area (Å²) in [5.74, 6) is -1.33. The van der Waals surface area contributed by atoms with Crippen LogP contribution in [-0.2, 0) is 12.8 Å². The third-order valence-electron chi connectivity index (χ3n) is 2.65. The van der Waals surface area contributed by atoms with Crippen molar-refractivity contribution in [3.8, 4) is 11.5 Å². The molecule has 0 spiro atoms. The minimum Gasteiger partial charge on any atom is -0.456 e. The van der Waals surface area contributed by atoms with Crippen molar-refractivity contribution >= 4 is 0 Å². The van der Waals surface area contributed by atoms with E-state index in [0.29, 0.717) is 0 Å². The summed E-state index contributed by atoms with van der Waals surface area (Å²) in [6.07, 6.45) is -4.58. The van der Waals surface area contributed by atoms with E-state index in [1.807, 2.05) is 0 Å². The minimum atomic E-state index is -4.58. The number of rotatable bonds is 3. The maximum atomic E-state index is 13.4. The topological polar surface area (TPSA) is 29.5 Å². The second kappa shape index (κ2) is 5.50. The SMILES string of the molecule is OCc1c(F)cccc1Oc1ccccc1C(F)(F)F. The van der Waals surface area contributed by atoms with Crippen LogP contribution in [0, 0.1) is 5.82 Å². The summed E-state index contributed by atoms with van der Waals surface area (Å²) in [6, 6.07) is 8.29. The van der Waals surface area contributed by atoms with Gasteiger partial charge in [0.1, 0.15) is 17.3 Å². The molecule has 0 bridgehead atoms. The molecule has 0 aromatic heterocycles. The predicted octanol–water partition coefficient (Wildman–Crippen LogP) is 4.13. The third kappa shape index (κ3) is 2.91. The molecule has 0 unspecified atom stereocenters. The van der Waals surface area contributed by atoms with Gasteiger partial charge >= 0.3 is 6.18 Å².